The molecule has 1 heterocycles. The number of hydrogen-bond donors (Lipinski definition) is 0. The van der Waals surface area contributed by atoms with Crippen LogP contribution in [-0.4, -0.2) is 4.57 Å². The van der Waals surface area contributed by atoms with Gasteiger partial charge in [-0.05, 0) is 115 Å². The molecule has 10 aromatic carbocycles. The van der Waals surface area contributed by atoms with Crippen molar-refractivity contribution < 1.29 is 0 Å². The highest BCUT2D eigenvalue weighted by Crippen LogP contribution is 2.42. The van der Waals surface area contributed by atoms with Gasteiger partial charge >= 0.3 is 0 Å². The van der Waals surface area contributed by atoms with Gasteiger partial charge in [0.2, 0.25) is 0 Å². The Morgan fingerprint density at radius 2 is 0.833 bits per heavy atom. The van der Waals surface area contributed by atoms with E-state index in [0.29, 0.717) is 0 Å². The molecule has 0 amide bonds. The number of benzene rings is 10. The molecule has 2 heteroatoms. The van der Waals surface area contributed by atoms with E-state index in [4.69, 9.17) is 0 Å². The first-order chi connectivity index (χ1) is 26.8. The van der Waals surface area contributed by atoms with Crippen LogP contribution in [0.4, 0.5) is 17.1 Å². The summed E-state index contributed by atoms with van der Waals surface area (Å²) in [6.45, 7) is 0. The van der Waals surface area contributed by atoms with Crippen molar-refractivity contribution in [2.75, 3.05) is 4.90 Å². The number of fused-ring (bicyclic) bond motifs is 3. The maximum absolute atomic E-state index is 2.43. The SMILES string of the molecule is c1ccc(-c2ccc(N(c3cccc(-c4cccc(-n5c6cccc7ccc8cccc5c8c76)c4)c3)c3ccc4c(ccc5ccccc54)c3)cc2)cc1. The fourth-order valence-electron chi connectivity index (χ4n) is 8.57. The van der Waals surface area contributed by atoms with Crippen LogP contribution in [0, 0.1) is 0 Å². The lowest BCUT2D eigenvalue weighted by Crippen LogP contribution is -2.10. The minimum absolute atomic E-state index is 1.11. The highest BCUT2D eigenvalue weighted by molar-refractivity contribution is 6.24. The second-order valence-electron chi connectivity index (χ2n) is 14.2. The Balaban J connectivity index is 1.05. The van der Waals surface area contributed by atoms with Gasteiger partial charge in [-0.1, -0.05) is 146 Å². The molecule has 1 aromatic heterocycles. The molecular weight excluding hydrogens is 653 g/mol. The molecule has 252 valence electrons. The summed E-state index contributed by atoms with van der Waals surface area (Å²) in [4.78, 5) is 2.38. The average molecular weight is 687 g/mol. The van der Waals surface area contributed by atoms with Gasteiger partial charge in [0.1, 0.15) is 0 Å². The van der Waals surface area contributed by atoms with Crippen LogP contribution >= 0.6 is 0 Å². The Kier molecular flexibility index (Phi) is 6.90. The van der Waals surface area contributed by atoms with Gasteiger partial charge in [0.15, 0.2) is 0 Å². The van der Waals surface area contributed by atoms with E-state index in [0.717, 1.165) is 22.7 Å². The molecule has 0 atom stereocenters. The number of hydrogen-bond acceptors (Lipinski definition) is 1. The monoisotopic (exact) mass is 686 g/mol. The average Bonchev–Trinajstić information content (AvgIpc) is 3.59. The zero-order valence-electron chi connectivity index (χ0n) is 29.5. The van der Waals surface area contributed by atoms with Crippen molar-refractivity contribution in [3.8, 4) is 27.9 Å². The van der Waals surface area contributed by atoms with Crippen LogP contribution in [0.1, 0.15) is 0 Å². The topological polar surface area (TPSA) is 8.17 Å². The number of rotatable bonds is 6. The van der Waals surface area contributed by atoms with Crippen LogP contribution < -0.4 is 4.90 Å². The first kappa shape index (κ1) is 30.5. The van der Waals surface area contributed by atoms with Crippen molar-refractivity contribution in [2.45, 2.75) is 0 Å². The number of aromatic nitrogens is 1. The van der Waals surface area contributed by atoms with Crippen molar-refractivity contribution >= 4 is 71.2 Å². The van der Waals surface area contributed by atoms with Gasteiger partial charge in [0.25, 0.3) is 0 Å². The molecule has 0 unspecified atom stereocenters. The molecule has 0 aliphatic rings. The Hall–Kier alpha value is -7.16. The molecule has 0 saturated carbocycles. The highest BCUT2D eigenvalue weighted by Gasteiger charge is 2.18. The maximum Gasteiger partial charge on any atom is 0.0547 e. The summed E-state index contributed by atoms with van der Waals surface area (Å²) >= 11 is 0. The van der Waals surface area contributed by atoms with Crippen molar-refractivity contribution in [1.82, 2.24) is 4.57 Å². The zero-order chi connectivity index (χ0) is 35.6. The summed E-state index contributed by atoms with van der Waals surface area (Å²) in [7, 11) is 0. The summed E-state index contributed by atoms with van der Waals surface area (Å²) in [5.74, 6) is 0. The Morgan fingerprint density at radius 1 is 0.296 bits per heavy atom. The molecule has 0 N–H and O–H groups in total. The molecule has 11 rings (SSSR count). The van der Waals surface area contributed by atoms with E-state index >= 15 is 0 Å². The van der Waals surface area contributed by atoms with Gasteiger partial charge in [0.05, 0.1) is 11.0 Å². The molecule has 0 radical (unpaired) electrons. The van der Waals surface area contributed by atoms with Crippen molar-refractivity contribution in [3.05, 3.63) is 206 Å². The number of nitrogens with zero attached hydrogens (tertiary/aromatic N) is 2. The van der Waals surface area contributed by atoms with Gasteiger partial charge in [-0.25, -0.2) is 0 Å². The van der Waals surface area contributed by atoms with Gasteiger partial charge in [-0.15, -0.1) is 0 Å². The third kappa shape index (κ3) is 4.88. The lowest BCUT2D eigenvalue weighted by atomic mass is 10.00. The summed E-state index contributed by atoms with van der Waals surface area (Å²) in [5, 5.41) is 10.2. The smallest absolute Gasteiger partial charge is 0.0547 e. The number of anilines is 3. The second-order valence-corrected chi connectivity index (χ2v) is 14.2. The minimum Gasteiger partial charge on any atom is -0.310 e. The van der Waals surface area contributed by atoms with Crippen LogP contribution in [0.2, 0.25) is 0 Å². The van der Waals surface area contributed by atoms with Gasteiger partial charge in [-0.3, -0.25) is 0 Å². The Bertz CT molecular complexity index is 3090. The van der Waals surface area contributed by atoms with E-state index in [1.807, 2.05) is 0 Å². The van der Waals surface area contributed by atoms with Crippen LogP contribution in [0.5, 0.6) is 0 Å². The van der Waals surface area contributed by atoms with E-state index in [9.17, 15) is 0 Å². The molecule has 54 heavy (non-hydrogen) atoms. The third-order valence-corrected chi connectivity index (χ3v) is 11.1. The fourth-order valence-corrected chi connectivity index (χ4v) is 8.57. The van der Waals surface area contributed by atoms with E-state index in [1.165, 1.54) is 76.4 Å². The molecule has 2 nitrogen and oxygen atoms in total. The van der Waals surface area contributed by atoms with Gasteiger partial charge < -0.3 is 9.47 Å². The lowest BCUT2D eigenvalue weighted by molar-refractivity contribution is 1.18. The molecule has 0 aliphatic heterocycles. The summed E-state index contributed by atoms with van der Waals surface area (Å²) < 4.78 is 2.43. The van der Waals surface area contributed by atoms with E-state index in [1.54, 1.807) is 0 Å². The second kappa shape index (κ2) is 12.2. The first-order valence-corrected chi connectivity index (χ1v) is 18.6. The molecule has 0 aliphatic carbocycles. The molecule has 0 saturated heterocycles. The first-order valence-electron chi connectivity index (χ1n) is 18.6. The highest BCUT2D eigenvalue weighted by atomic mass is 15.1. The van der Waals surface area contributed by atoms with Crippen molar-refractivity contribution in [3.63, 3.8) is 0 Å². The largest absolute Gasteiger partial charge is 0.310 e. The molecule has 0 bridgehead atoms. The molecule has 0 fully saturated rings. The fraction of sp³-hybridized carbons (Fsp3) is 0. The summed E-state index contributed by atoms with van der Waals surface area (Å²) in [5.41, 5.74) is 11.7. The van der Waals surface area contributed by atoms with Gasteiger partial charge in [-0.2, -0.15) is 0 Å². The van der Waals surface area contributed by atoms with E-state index in [2.05, 4.69) is 216 Å². The van der Waals surface area contributed by atoms with Crippen molar-refractivity contribution in [2.24, 2.45) is 0 Å². The predicted molar refractivity (Wildman–Crippen MR) is 230 cm³/mol. The van der Waals surface area contributed by atoms with Gasteiger partial charge in [0, 0.05) is 33.5 Å². The summed E-state index contributed by atoms with van der Waals surface area (Å²) in [6.07, 6.45) is 0. The predicted octanol–water partition coefficient (Wildman–Crippen LogP) is 14.5. The normalized spacial score (nSPS) is 11.7. The zero-order valence-corrected chi connectivity index (χ0v) is 29.5. The molecule has 11 aromatic rings. The van der Waals surface area contributed by atoms with E-state index < -0.39 is 0 Å². The molecule has 0 spiro atoms. The molecular formula is C52H34N2. The standard InChI is InChI=1S/C52H34N2/c1-2-10-35(11-3-1)36-26-28-43(29-27-36)53(46-30-31-48-42(34-46)25-22-37-12-4-5-19-47(37)48)44-17-6-15-40(32-44)41-16-7-18-45(33-41)54-49-20-8-13-38-23-24-39-14-9-21-50(54)52(39)51(38)49/h1-34H. The van der Waals surface area contributed by atoms with Crippen LogP contribution in [-0.2, 0) is 0 Å². The Labute approximate surface area is 313 Å². The third-order valence-electron chi connectivity index (χ3n) is 11.1. The maximum atomic E-state index is 2.43. The van der Waals surface area contributed by atoms with Crippen LogP contribution in [0.15, 0.2) is 206 Å². The lowest BCUT2D eigenvalue weighted by Gasteiger charge is -2.27. The van der Waals surface area contributed by atoms with Crippen molar-refractivity contribution in [1.29, 1.82) is 0 Å². The minimum atomic E-state index is 1.11. The van der Waals surface area contributed by atoms with E-state index in [-0.39, 0.29) is 0 Å². The quantitative estimate of drug-likeness (QED) is 0.158. The van der Waals surface area contributed by atoms with Crippen LogP contribution in [0.3, 0.4) is 0 Å². The Morgan fingerprint density at radius 3 is 1.61 bits per heavy atom. The summed E-state index contributed by atoms with van der Waals surface area (Å²) in [6, 6.07) is 75.3. The van der Waals surface area contributed by atoms with Crippen LogP contribution in [0.25, 0.3) is 82.1 Å².